The maximum Gasteiger partial charge on any atom is 0.407 e. The molecule has 3 N–H and O–H groups in total. The van der Waals surface area contributed by atoms with E-state index in [4.69, 9.17) is 4.74 Å². The Hall–Kier alpha value is -3.35. The van der Waals surface area contributed by atoms with Crippen molar-refractivity contribution in [1.29, 1.82) is 0 Å². The van der Waals surface area contributed by atoms with Crippen molar-refractivity contribution < 1.29 is 24.2 Å². The van der Waals surface area contributed by atoms with Crippen LogP contribution in [-0.4, -0.2) is 41.3 Å². The van der Waals surface area contributed by atoms with E-state index in [1.54, 1.807) is 34.6 Å². The summed E-state index contributed by atoms with van der Waals surface area (Å²) in [5, 5.41) is 15.0. The molecule has 0 aliphatic heterocycles. The number of carboxylic acid groups (broad SMARTS) is 1. The largest absolute Gasteiger partial charge is 0.480 e. The Kier molecular flexibility index (Phi) is 7.58. The van der Waals surface area contributed by atoms with E-state index >= 15 is 0 Å². The lowest BCUT2D eigenvalue weighted by Gasteiger charge is -2.41. The van der Waals surface area contributed by atoms with Crippen molar-refractivity contribution in [3.05, 3.63) is 59.7 Å². The van der Waals surface area contributed by atoms with Gasteiger partial charge in [0.25, 0.3) is 0 Å². The molecule has 2 atom stereocenters. The van der Waals surface area contributed by atoms with Gasteiger partial charge < -0.3 is 20.5 Å². The summed E-state index contributed by atoms with van der Waals surface area (Å²) in [6.45, 7) is 10.6. The van der Waals surface area contributed by atoms with Gasteiger partial charge in [0.05, 0.1) is 11.0 Å². The zero-order valence-corrected chi connectivity index (χ0v) is 21.3. The number of fused-ring (bicyclic) bond motifs is 3. The zero-order chi connectivity index (χ0) is 26.0. The van der Waals surface area contributed by atoms with Crippen LogP contribution in [0.3, 0.4) is 0 Å². The van der Waals surface area contributed by atoms with Crippen LogP contribution in [0.5, 0.6) is 0 Å². The van der Waals surface area contributed by atoms with E-state index in [0.29, 0.717) is 6.42 Å². The monoisotopic (exact) mass is 480 g/mol. The van der Waals surface area contributed by atoms with E-state index in [0.717, 1.165) is 22.3 Å². The topological polar surface area (TPSA) is 105 Å². The van der Waals surface area contributed by atoms with Crippen LogP contribution in [0.4, 0.5) is 4.79 Å². The lowest BCUT2D eigenvalue weighted by Crippen LogP contribution is -2.61. The summed E-state index contributed by atoms with van der Waals surface area (Å²) < 4.78 is 5.65. The highest BCUT2D eigenvalue weighted by Crippen LogP contribution is 2.44. The first kappa shape index (κ1) is 26.3. The SMILES string of the molecule is CCC(C)C(NC(=O)C(C)(C)C(C)(C)NC(=O)OCC1c2ccccc2-c2ccccc21)C(=O)O. The first-order valence-electron chi connectivity index (χ1n) is 12.1. The number of amides is 2. The Morgan fingerprint density at radius 3 is 1.97 bits per heavy atom. The van der Waals surface area contributed by atoms with Gasteiger partial charge in [0.2, 0.25) is 5.91 Å². The maximum atomic E-state index is 13.1. The van der Waals surface area contributed by atoms with Gasteiger partial charge >= 0.3 is 12.1 Å². The predicted molar refractivity (Wildman–Crippen MR) is 135 cm³/mol. The maximum absolute atomic E-state index is 13.1. The lowest BCUT2D eigenvalue weighted by molar-refractivity contribution is -0.146. The van der Waals surface area contributed by atoms with Crippen LogP contribution in [0.15, 0.2) is 48.5 Å². The third kappa shape index (κ3) is 5.19. The summed E-state index contributed by atoms with van der Waals surface area (Å²) >= 11 is 0. The third-order valence-electron chi connectivity index (χ3n) is 7.65. The molecule has 2 amide bonds. The molecule has 188 valence electrons. The van der Waals surface area contributed by atoms with Crippen molar-refractivity contribution >= 4 is 18.0 Å². The molecular formula is C28H36N2O5. The standard InChI is InChI=1S/C28H36N2O5/c1-7-17(2)23(24(31)32)29-25(33)27(3,4)28(5,6)30-26(34)35-16-22-20-14-10-8-12-18(20)19-13-9-11-15-21(19)22/h8-15,17,22-23H,7,16H2,1-6H3,(H,29,33)(H,30,34)(H,31,32). The van der Waals surface area contributed by atoms with E-state index in [1.165, 1.54) is 0 Å². The molecular weight excluding hydrogens is 444 g/mol. The second-order valence-corrected chi connectivity index (χ2v) is 10.4. The number of aliphatic carboxylic acids is 1. The Morgan fingerprint density at radius 1 is 0.971 bits per heavy atom. The summed E-state index contributed by atoms with van der Waals surface area (Å²) in [4.78, 5) is 37.6. The summed E-state index contributed by atoms with van der Waals surface area (Å²) in [6.07, 6.45) is -0.0200. The summed E-state index contributed by atoms with van der Waals surface area (Å²) in [5.74, 6) is -1.83. The molecule has 35 heavy (non-hydrogen) atoms. The molecule has 2 unspecified atom stereocenters. The first-order chi connectivity index (χ1) is 16.4. The zero-order valence-electron chi connectivity index (χ0n) is 21.3. The molecule has 0 bridgehead atoms. The molecule has 0 aromatic heterocycles. The van der Waals surface area contributed by atoms with E-state index in [2.05, 4.69) is 34.9 Å². The van der Waals surface area contributed by atoms with Crippen LogP contribution < -0.4 is 10.6 Å². The number of rotatable bonds is 9. The molecule has 3 rings (SSSR count). The fourth-order valence-corrected chi connectivity index (χ4v) is 4.33. The second-order valence-electron chi connectivity index (χ2n) is 10.4. The Bertz CT molecular complexity index is 1060. The van der Waals surface area contributed by atoms with Gasteiger partial charge in [0.15, 0.2) is 0 Å². The average Bonchev–Trinajstić information content (AvgIpc) is 3.13. The highest BCUT2D eigenvalue weighted by molar-refractivity contribution is 5.88. The van der Waals surface area contributed by atoms with Gasteiger partial charge in [-0.05, 0) is 55.9 Å². The molecule has 2 aromatic carbocycles. The minimum absolute atomic E-state index is 0.0700. The van der Waals surface area contributed by atoms with Crippen LogP contribution in [0, 0.1) is 11.3 Å². The van der Waals surface area contributed by atoms with Crippen molar-refractivity contribution in [2.75, 3.05) is 6.61 Å². The van der Waals surface area contributed by atoms with Crippen LogP contribution in [0.1, 0.15) is 65.0 Å². The summed E-state index contributed by atoms with van der Waals surface area (Å²) in [5.41, 5.74) is 2.39. The molecule has 7 heteroatoms. The number of alkyl carbamates (subject to hydrolysis) is 1. The second kappa shape index (κ2) is 10.1. The van der Waals surface area contributed by atoms with Crippen LogP contribution in [0.25, 0.3) is 11.1 Å². The normalized spacial score (nSPS) is 14.9. The number of nitrogens with one attached hydrogen (secondary N) is 2. The molecule has 7 nitrogen and oxygen atoms in total. The molecule has 1 aliphatic carbocycles. The van der Waals surface area contributed by atoms with Crippen molar-refractivity contribution in [2.24, 2.45) is 11.3 Å². The summed E-state index contributed by atoms with van der Waals surface area (Å²) in [7, 11) is 0. The number of hydrogen-bond donors (Lipinski definition) is 3. The van der Waals surface area contributed by atoms with E-state index < -0.39 is 35.0 Å². The quantitative estimate of drug-likeness (QED) is 0.471. The average molecular weight is 481 g/mol. The molecule has 0 spiro atoms. The molecule has 0 heterocycles. The van der Waals surface area contributed by atoms with Crippen molar-refractivity contribution in [3.63, 3.8) is 0 Å². The van der Waals surface area contributed by atoms with Crippen molar-refractivity contribution in [2.45, 2.75) is 65.5 Å². The molecule has 0 radical (unpaired) electrons. The van der Waals surface area contributed by atoms with Gasteiger partial charge in [-0.2, -0.15) is 0 Å². The van der Waals surface area contributed by atoms with Gasteiger partial charge in [0.1, 0.15) is 12.6 Å². The number of benzene rings is 2. The third-order valence-corrected chi connectivity index (χ3v) is 7.65. The van der Waals surface area contributed by atoms with Gasteiger partial charge in [-0.1, -0.05) is 68.8 Å². The predicted octanol–water partition coefficient (Wildman–Crippen LogP) is 4.95. The fourth-order valence-electron chi connectivity index (χ4n) is 4.33. The smallest absolute Gasteiger partial charge is 0.407 e. The number of carbonyl (C=O) groups is 3. The van der Waals surface area contributed by atoms with Gasteiger partial charge in [-0.15, -0.1) is 0 Å². The molecule has 0 fully saturated rings. The Balaban J connectivity index is 1.68. The number of ether oxygens (including phenoxy) is 1. The molecule has 1 aliphatic rings. The molecule has 0 saturated carbocycles. The van der Waals surface area contributed by atoms with Crippen molar-refractivity contribution in [1.82, 2.24) is 10.6 Å². The highest BCUT2D eigenvalue weighted by atomic mass is 16.5. The number of carbonyl (C=O) groups excluding carboxylic acids is 2. The van der Waals surface area contributed by atoms with Gasteiger partial charge in [-0.25, -0.2) is 9.59 Å². The van der Waals surface area contributed by atoms with Crippen LogP contribution >= 0.6 is 0 Å². The van der Waals surface area contributed by atoms with E-state index in [9.17, 15) is 19.5 Å². The van der Waals surface area contributed by atoms with Crippen LogP contribution in [0.2, 0.25) is 0 Å². The molecule has 2 aromatic rings. The van der Waals surface area contributed by atoms with E-state index in [1.807, 2.05) is 31.2 Å². The van der Waals surface area contributed by atoms with Gasteiger partial charge in [0, 0.05) is 5.92 Å². The van der Waals surface area contributed by atoms with E-state index in [-0.39, 0.29) is 18.4 Å². The Morgan fingerprint density at radius 2 is 1.49 bits per heavy atom. The number of carboxylic acids is 1. The highest BCUT2D eigenvalue weighted by Gasteiger charge is 2.46. The lowest BCUT2D eigenvalue weighted by atomic mass is 9.73. The van der Waals surface area contributed by atoms with Crippen molar-refractivity contribution in [3.8, 4) is 11.1 Å². The number of hydrogen-bond acceptors (Lipinski definition) is 4. The molecule has 0 saturated heterocycles. The summed E-state index contributed by atoms with van der Waals surface area (Å²) in [6, 6.07) is 15.2. The first-order valence-corrected chi connectivity index (χ1v) is 12.1. The Labute approximate surface area is 207 Å². The van der Waals surface area contributed by atoms with Crippen LogP contribution in [-0.2, 0) is 14.3 Å². The minimum Gasteiger partial charge on any atom is -0.480 e. The minimum atomic E-state index is -1.11. The van der Waals surface area contributed by atoms with Gasteiger partial charge in [-0.3, -0.25) is 4.79 Å². The fraction of sp³-hybridized carbons (Fsp3) is 0.464.